The average molecular weight is 626 g/mol. The van der Waals surface area contributed by atoms with Crippen LogP contribution in [-0.2, 0) is 13.0 Å². The first-order valence-electron chi connectivity index (χ1n) is 11.5. The molecule has 0 unspecified atom stereocenters. The van der Waals surface area contributed by atoms with Crippen molar-refractivity contribution in [2.75, 3.05) is 13.7 Å². The van der Waals surface area contributed by atoms with E-state index in [2.05, 4.69) is 42.2 Å². The highest BCUT2D eigenvalue weighted by Gasteiger charge is 2.16. The number of nitrogens with one attached hydrogen (secondary N) is 2. The van der Waals surface area contributed by atoms with Gasteiger partial charge in [-0.05, 0) is 66.1 Å². The first-order chi connectivity index (χ1) is 17.9. The Kier molecular flexibility index (Phi) is 7.34. The lowest BCUT2D eigenvalue weighted by Gasteiger charge is -2.10. The molecule has 2 N–H and O–H groups in total. The molecule has 0 fully saturated rings. The predicted octanol–water partition coefficient (Wildman–Crippen LogP) is 6.36. The second kappa shape index (κ2) is 10.8. The normalized spacial score (nSPS) is 11.1. The van der Waals surface area contributed by atoms with Crippen molar-refractivity contribution in [1.29, 1.82) is 0 Å². The summed E-state index contributed by atoms with van der Waals surface area (Å²) >= 11 is 6.92. The van der Waals surface area contributed by atoms with E-state index < -0.39 is 5.91 Å². The fraction of sp³-hybridized carbons (Fsp3) is 0.143. The minimum atomic E-state index is -0.457. The third-order valence-electron chi connectivity index (χ3n) is 5.91. The number of hydrogen-bond acceptors (Lipinski definition) is 5. The molecule has 0 bridgehead atoms. The molecule has 2 heterocycles. The third kappa shape index (κ3) is 5.57. The van der Waals surface area contributed by atoms with Crippen molar-refractivity contribution in [3.05, 3.63) is 103 Å². The van der Waals surface area contributed by atoms with Gasteiger partial charge >= 0.3 is 0 Å². The van der Waals surface area contributed by atoms with Gasteiger partial charge < -0.3 is 24.2 Å². The first kappa shape index (κ1) is 25.1. The maximum Gasteiger partial charge on any atom is 0.287 e. The van der Waals surface area contributed by atoms with Crippen LogP contribution in [-0.4, -0.2) is 24.5 Å². The van der Waals surface area contributed by atoms with E-state index >= 15 is 0 Å². The molecule has 188 valence electrons. The number of hydrogen-bond donors (Lipinski definition) is 2. The van der Waals surface area contributed by atoms with Crippen LogP contribution in [0.25, 0.3) is 21.9 Å². The predicted molar refractivity (Wildman–Crippen MR) is 150 cm³/mol. The van der Waals surface area contributed by atoms with Gasteiger partial charge in [-0.25, -0.2) is 0 Å². The molecule has 9 heteroatoms. The zero-order chi connectivity index (χ0) is 25.9. The van der Waals surface area contributed by atoms with Gasteiger partial charge in [-0.1, -0.05) is 37.9 Å². The molecule has 5 aromatic rings. The summed E-state index contributed by atoms with van der Waals surface area (Å²) in [6.07, 6.45) is 2.52. The minimum absolute atomic E-state index is 0.0498. The molecule has 0 aliphatic rings. The molecule has 0 saturated heterocycles. The summed E-state index contributed by atoms with van der Waals surface area (Å²) < 4.78 is 18.9. The second-order valence-corrected chi connectivity index (χ2v) is 10.2. The monoisotopic (exact) mass is 624 g/mol. The Morgan fingerprint density at radius 3 is 2.65 bits per heavy atom. The lowest BCUT2D eigenvalue weighted by atomic mass is 10.1. The molecule has 37 heavy (non-hydrogen) atoms. The molecule has 1 amide bonds. The Hall–Kier alpha value is -3.56. The van der Waals surface area contributed by atoms with Gasteiger partial charge in [-0.2, -0.15) is 0 Å². The molecular formula is C28H22Br2N2O5. The van der Waals surface area contributed by atoms with Gasteiger partial charge in [0, 0.05) is 38.7 Å². The number of halogens is 2. The molecule has 0 aliphatic heterocycles. The molecule has 0 spiro atoms. The highest BCUT2D eigenvalue weighted by molar-refractivity contribution is 9.11. The van der Waals surface area contributed by atoms with E-state index in [9.17, 15) is 9.59 Å². The van der Waals surface area contributed by atoms with Gasteiger partial charge in [0.05, 0.1) is 7.11 Å². The van der Waals surface area contributed by atoms with Crippen LogP contribution in [0.15, 0.2) is 85.0 Å². The topological polar surface area (TPSA) is 93.6 Å². The summed E-state index contributed by atoms with van der Waals surface area (Å²) in [5.41, 5.74) is 2.91. The van der Waals surface area contributed by atoms with Crippen LogP contribution >= 0.6 is 31.9 Å². The second-order valence-electron chi connectivity index (χ2n) is 8.40. The van der Waals surface area contributed by atoms with Crippen LogP contribution < -0.4 is 20.2 Å². The number of amides is 1. The molecule has 0 aliphatic carbocycles. The SMILES string of the molecule is COc1ccc2[nH]cc(CCNC(=O)c3cc(=O)c4c(OCc5cc(Br)cc(Br)c5)cccc4o3)c2c1. The highest BCUT2D eigenvalue weighted by Crippen LogP contribution is 2.27. The maximum absolute atomic E-state index is 13.0. The zero-order valence-electron chi connectivity index (χ0n) is 19.8. The maximum atomic E-state index is 13.0. The number of carbonyl (C=O) groups excluding carboxylic acids is 1. The van der Waals surface area contributed by atoms with Crippen LogP contribution in [0.5, 0.6) is 11.5 Å². The van der Waals surface area contributed by atoms with E-state index in [1.165, 1.54) is 6.07 Å². The van der Waals surface area contributed by atoms with Crippen LogP contribution in [0, 0.1) is 0 Å². The fourth-order valence-electron chi connectivity index (χ4n) is 4.15. The van der Waals surface area contributed by atoms with Crippen molar-refractivity contribution >= 4 is 59.6 Å². The van der Waals surface area contributed by atoms with Crippen molar-refractivity contribution in [3.8, 4) is 11.5 Å². The Morgan fingerprint density at radius 1 is 1.05 bits per heavy atom. The van der Waals surface area contributed by atoms with Crippen LogP contribution in [0.4, 0.5) is 0 Å². The molecule has 0 atom stereocenters. The molecule has 2 aromatic heterocycles. The van der Waals surface area contributed by atoms with Gasteiger partial charge in [-0.15, -0.1) is 0 Å². The van der Waals surface area contributed by atoms with Gasteiger partial charge in [0.1, 0.15) is 29.1 Å². The third-order valence-corrected chi connectivity index (χ3v) is 6.83. The van der Waals surface area contributed by atoms with Crippen LogP contribution in [0.2, 0.25) is 0 Å². The molecular weight excluding hydrogens is 604 g/mol. The summed E-state index contributed by atoms with van der Waals surface area (Å²) in [4.78, 5) is 29.0. The van der Waals surface area contributed by atoms with Crippen molar-refractivity contribution in [3.63, 3.8) is 0 Å². The van der Waals surface area contributed by atoms with Crippen molar-refractivity contribution in [2.24, 2.45) is 0 Å². The molecule has 5 rings (SSSR count). The van der Waals surface area contributed by atoms with E-state index in [0.29, 0.717) is 24.1 Å². The Labute approximate surface area is 229 Å². The Morgan fingerprint density at radius 2 is 1.86 bits per heavy atom. The summed E-state index contributed by atoms with van der Waals surface area (Å²) in [5.74, 6) is 0.653. The smallest absolute Gasteiger partial charge is 0.287 e. The van der Waals surface area contributed by atoms with Gasteiger partial charge in [0.25, 0.3) is 5.91 Å². The van der Waals surface area contributed by atoms with E-state index in [1.54, 1.807) is 25.3 Å². The molecule has 0 radical (unpaired) electrons. The summed E-state index contributed by atoms with van der Waals surface area (Å²) in [7, 11) is 1.63. The lowest BCUT2D eigenvalue weighted by molar-refractivity contribution is 0.0927. The number of aromatic nitrogens is 1. The minimum Gasteiger partial charge on any atom is -0.497 e. The van der Waals surface area contributed by atoms with E-state index in [1.807, 2.05) is 42.6 Å². The standard InChI is InChI=1S/C28H22Br2N2O5/c1-35-20-5-6-22-21(12-20)17(14-32-22)7-8-31-28(34)26-13-23(33)27-24(3-2-4-25(27)37-26)36-15-16-9-18(29)11-19(30)10-16/h2-6,9-14,32H,7-8,15H2,1H3,(H,31,34). The first-order valence-corrected chi connectivity index (χ1v) is 13.1. The lowest BCUT2D eigenvalue weighted by Crippen LogP contribution is -2.26. The number of H-pyrrole nitrogens is 1. The number of carbonyl (C=O) groups is 1. The largest absolute Gasteiger partial charge is 0.497 e. The summed E-state index contributed by atoms with van der Waals surface area (Å²) in [6, 6.07) is 17.9. The Balaban J connectivity index is 1.29. The van der Waals surface area contributed by atoms with E-state index in [-0.39, 0.29) is 23.4 Å². The van der Waals surface area contributed by atoms with Crippen LogP contribution in [0.3, 0.4) is 0 Å². The number of rotatable bonds is 8. The van der Waals surface area contributed by atoms with Gasteiger partial charge in [0.15, 0.2) is 11.2 Å². The average Bonchev–Trinajstić information content (AvgIpc) is 3.28. The van der Waals surface area contributed by atoms with Gasteiger partial charge in [0.2, 0.25) is 0 Å². The Bertz CT molecular complexity index is 1650. The number of methoxy groups -OCH3 is 1. The van der Waals surface area contributed by atoms with E-state index in [4.69, 9.17) is 13.9 Å². The zero-order valence-corrected chi connectivity index (χ0v) is 22.9. The van der Waals surface area contributed by atoms with Crippen molar-refractivity contribution < 1.29 is 18.7 Å². The molecule has 3 aromatic carbocycles. The molecule has 0 saturated carbocycles. The molecule has 7 nitrogen and oxygen atoms in total. The number of fused-ring (bicyclic) bond motifs is 2. The quantitative estimate of drug-likeness (QED) is 0.209. The van der Waals surface area contributed by atoms with Crippen molar-refractivity contribution in [1.82, 2.24) is 10.3 Å². The van der Waals surface area contributed by atoms with Crippen molar-refractivity contribution in [2.45, 2.75) is 13.0 Å². The summed E-state index contributed by atoms with van der Waals surface area (Å²) in [6.45, 7) is 0.634. The summed E-state index contributed by atoms with van der Waals surface area (Å²) in [5, 5.41) is 4.17. The number of benzene rings is 3. The van der Waals surface area contributed by atoms with Gasteiger partial charge in [-0.3, -0.25) is 9.59 Å². The number of ether oxygens (including phenoxy) is 2. The fourth-order valence-corrected chi connectivity index (χ4v) is 5.54. The highest BCUT2D eigenvalue weighted by atomic mass is 79.9. The number of aromatic amines is 1. The van der Waals surface area contributed by atoms with Crippen LogP contribution in [0.1, 0.15) is 21.7 Å². The van der Waals surface area contributed by atoms with E-state index in [0.717, 1.165) is 36.7 Å².